The van der Waals surface area contributed by atoms with Crippen molar-refractivity contribution < 1.29 is 28.3 Å². The molecular weight excluding hydrogens is 238 g/mol. The van der Waals surface area contributed by atoms with Crippen molar-refractivity contribution in [2.75, 3.05) is 6.61 Å². The molecule has 98 valence electrons. The quantitative estimate of drug-likeness (QED) is 0.311. The van der Waals surface area contributed by atoms with Crippen LogP contribution >= 0.6 is 0 Å². The molecule has 0 aromatic rings. The van der Waals surface area contributed by atoms with Gasteiger partial charge >= 0.3 is 0 Å². The summed E-state index contributed by atoms with van der Waals surface area (Å²) in [6.07, 6.45) is -1.43. The van der Waals surface area contributed by atoms with Crippen LogP contribution in [-0.2, 0) is 10.1 Å². The Morgan fingerprint density at radius 2 is 1.81 bits per heavy atom. The molecule has 0 spiro atoms. The summed E-state index contributed by atoms with van der Waals surface area (Å²) in [4.78, 5) is 0. The van der Waals surface area contributed by atoms with Crippen molar-refractivity contribution in [2.45, 2.75) is 38.0 Å². The molecule has 0 fully saturated rings. The number of hydrogen-bond acceptors (Lipinski definition) is 7. The van der Waals surface area contributed by atoms with E-state index in [0.717, 1.165) is 0 Å². The smallest absolute Gasteiger partial charge is 0.183 e. The molecule has 0 bridgehead atoms. The van der Waals surface area contributed by atoms with Gasteiger partial charge in [-0.25, -0.2) is 8.42 Å². The van der Waals surface area contributed by atoms with E-state index in [9.17, 15) is 18.1 Å². The van der Waals surface area contributed by atoms with E-state index < -0.39 is 27.8 Å². The largest absolute Gasteiger partial charge is 0.746 e. The lowest BCUT2D eigenvalue weighted by atomic mass is 10.0. The third-order valence-corrected chi connectivity index (χ3v) is 2.80. The van der Waals surface area contributed by atoms with Gasteiger partial charge in [0.2, 0.25) is 0 Å². The van der Waals surface area contributed by atoms with E-state index in [4.69, 9.17) is 10.2 Å². The molecule has 8 heteroatoms. The lowest BCUT2D eigenvalue weighted by Crippen LogP contribution is -2.49. The first-order chi connectivity index (χ1) is 7.18. The highest BCUT2D eigenvalue weighted by Gasteiger charge is 2.25. The Morgan fingerprint density at radius 3 is 2.12 bits per heavy atom. The van der Waals surface area contributed by atoms with Crippen LogP contribution < -0.4 is 5.32 Å². The van der Waals surface area contributed by atoms with Crippen LogP contribution in [0.4, 0.5) is 0 Å². The molecule has 0 radical (unpaired) electrons. The summed E-state index contributed by atoms with van der Waals surface area (Å²) in [5.74, 6) is 0.206. The first-order valence-electron chi connectivity index (χ1n) is 4.86. The molecule has 3 atom stereocenters. The minimum absolute atomic E-state index is 0.206. The van der Waals surface area contributed by atoms with E-state index >= 15 is 0 Å². The maximum Gasteiger partial charge on any atom is 0.183 e. The van der Waals surface area contributed by atoms with Crippen LogP contribution in [0.3, 0.4) is 0 Å². The molecule has 0 aliphatic carbocycles. The van der Waals surface area contributed by atoms with Gasteiger partial charge in [-0.1, -0.05) is 13.8 Å². The molecule has 0 amide bonds. The van der Waals surface area contributed by atoms with Crippen molar-refractivity contribution in [1.82, 2.24) is 5.32 Å². The van der Waals surface area contributed by atoms with Crippen LogP contribution in [0, 0.1) is 5.92 Å². The summed E-state index contributed by atoms with van der Waals surface area (Å²) >= 11 is 0. The second-order valence-electron chi connectivity index (χ2n) is 4.00. The minimum Gasteiger partial charge on any atom is -0.746 e. The van der Waals surface area contributed by atoms with Crippen LogP contribution in [-0.4, -0.2) is 52.6 Å². The maximum absolute atomic E-state index is 10.4. The second kappa shape index (κ2) is 6.48. The molecule has 4 N–H and O–H groups in total. The molecular formula is C8H18NO6S-. The van der Waals surface area contributed by atoms with E-state index in [-0.39, 0.29) is 12.5 Å². The van der Waals surface area contributed by atoms with Crippen LogP contribution in [0.25, 0.3) is 0 Å². The SMILES string of the molecule is CC(C)CC(CO)NC(O)C(O)S(=O)(=O)[O-]. The maximum atomic E-state index is 10.4. The number of aliphatic hydroxyl groups is 3. The topological polar surface area (TPSA) is 130 Å². The van der Waals surface area contributed by atoms with Crippen LogP contribution in [0.5, 0.6) is 0 Å². The molecule has 0 saturated heterocycles. The van der Waals surface area contributed by atoms with Gasteiger partial charge in [0.1, 0.15) is 16.3 Å². The number of rotatable bonds is 7. The Labute approximate surface area is 94.9 Å². The molecule has 0 aromatic carbocycles. The fraction of sp³-hybridized carbons (Fsp3) is 1.00. The van der Waals surface area contributed by atoms with Crippen molar-refractivity contribution in [2.24, 2.45) is 5.92 Å². The summed E-state index contributed by atoms with van der Waals surface area (Å²) < 4.78 is 31.2. The van der Waals surface area contributed by atoms with E-state index in [0.29, 0.717) is 6.42 Å². The molecule has 0 aromatic heterocycles. The molecule has 7 nitrogen and oxygen atoms in total. The Kier molecular flexibility index (Phi) is 6.38. The highest BCUT2D eigenvalue weighted by molar-refractivity contribution is 7.86. The van der Waals surface area contributed by atoms with Gasteiger partial charge in [-0.05, 0) is 12.3 Å². The summed E-state index contributed by atoms with van der Waals surface area (Å²) in [5, 5.41) is 29.4. The van der Waals surface area contributed by atoms with E-state index in [1.165, 1.54) is 0 Å². The molecule has 0 rings (SSSR count). The fourth-order valence-electron chi connectivity index (χ4n) is 1.25. The predicted molar refractivity (Wildman–Crippen MR) is 55.2 cm³/mol. The third-order valence-electron chi connectivity index (χ3n) is 1.95. The van der Waals surface area contributed by atoms with Gasteiger partial charge in [0.05, 0.1) is 6.61 Å². The zero-order chi connectivity index (χ0) is 12.9. The molecule has 0 heterocycles. The Bertz CT molecular complexity index is 291. The van der Waals surface area contributed by atoms with Gasteiger partial charge < -0.3 is 19.9 Å². The third kappa shape index (κ3) is 5.73. The highest BCUT2D eigenvalue weighted by Crippen LogP contribution is 2.07. The summed E-state index contributed by atoms with van der Waals surface area (Å²) in [6.45, 7) is 3.41. The molecule has 0 aliphatic heterocycles. The van der Waals surface area contributed by atoms with Gasteiger partial charge in [0, 0.05) is 6.04 Å². The average molecular weight is 256 g/mol. The van der Waals surface area contributed by atoms with Crippen LogP contribution in [0.1, 0.15) is 20.3 Å². The Balaban J connectivity index is 4.35. The molecule has 16 heavy (non-hydrogen) atoms. The van der Waals surface area contributed by atoms with Crippen molar-refractivity contribution in [3.63, 3.8) is 0 Å². The van der Waals surface area contributed by atoms with Gasteiger partial charge in [0.15, 0.2) is 5.44 Å². The first-order valence-corrected chi connectivity index (χ1v) is 6.33. The van der Waals surface area contributed by atoms with Crippen molar-refractivity contribution in [1.29, 1.82) is 0 Å². The Hall–Kier alpha value is -0.250. The van der Waals surface area contributed by atoms with Gasteiger partial charge in [-0.15, -0.1) is 0 Å². The lowest BCUT2D eigenvalue weighted by Gasteiger charge is -2.26. The monoisotopic (exact) mass is 256 g/mol. The van der Waals surface area contributed by atoms with Crippen LogP contribution in [0.2, 0.25) is 0 Å². The minimum atomic E-state index is -4.97. The van der Waals surface area contributed by atoms with Gasteiger partial charge in [0.25, 0.3) is 0 Å². The lowest BCUT2D eigenvalue weighted by molar-refractivity contribution is 0.0203. The molecule has 0 saturated carbocycles. The van der Waals surface area contributed by atoms with Crippen LogP contribution in [0.15, 0.2) is 0 Å². The first kappa shape index (κ1) is 15.8. The summed E-state index contributed by atoms with van der Waals surface area (Å²) in [6, 6.07) is -0.577. The zero-order valence-corrected chi connectivity index (χ0v) is 10.0. The van der Waals surface area contributed by atoms with Crippen molar-refractivity contribution in [3.8, 4) is 0 Å². The number of aliphatic hydroxyl groups excluding tert-OH is 3. The van der Waals surface area contributed by atoms with Gasteiger partial charge in [-0.2, -0.15) is 0 Å². The van der Waals surface area contributed by atoms with E-state index in [1.807, 2.05) is 13.8 Å². The van der Waals surface area contributed by atoms with E-state index in [1.54, 1.807) is 0 Å². The zero-order valence-electron chi connectivity index (χ0n) is 9.20. The highest BCUT2D eigenvalue weighted by atomic mass is 32.2. The number of hydrogen-bond donors (Lipinski definition) is 4. The number of nitrogens with one attached hydrogen (secondary N) is 1. The van der Waals surface area contributed by atoms with Crippen molar-refractivity contribution in [3.05, 3.63) is 0 Å². The molecule has 3 unspecified atom stereocenters. The van der Waals surface area contributed by atoms with Crippen molar-refractivity contribution >= 4 is 10.1 Å². The predicted octanol–water partition coefficient (Wildman–Crippen LogP) is -1.83. The summed E-state index contributed by atoms with van der Waals surface area (Å²) in [7, 11) is -4.97. The average Bonchev–Trinajstić information content (AvgIpc) is 2.13. The fourth-order valence-corrected chi connectivity index (χ4v) is 1.64. The molecule has 0 aliphatic rings. The second-order valence-corrected chi connectivity index (χ2v) is 5.47. The standard InChI is InChI=1S/C8H19NO6S/c1-5(2)3-6(4-10)9-7(11)8(12)16(13,14)15/h5-12H,3-4H2,1-2H3,(H,13,14,15)/p-1. The summed E-state index contributed by atoms with van der Waals surface area (Å²) in [5.41, 5.74) is -2.44. The normalized spacial score (nSPS) is 18.4. The van der Waals surface area contributed by atoms with E-state index in [2.05, 4.69) is 5.32 Å². The van der Waals surface area contributed by atoms with Gasteiger partial charge in [-0.3, -0.25) is 5.32 Å². The Morgan fingerprint density at radius 1 is 1.31 bits per heavy atom.